The average molecular weight is 586 g/mol. The Hall–Kier alpha value is -4.25. The highest BCUT2D eigenvalue weighted by atomic mass is 35.5. The SMILES string of the molecule is NC(=O)Cn1c(N2C[C@H](c3ccccc3)C(c3ccc(Cl)cc3)=N2)nn(Cc2ccc(CN3CCOCC3)cc2)c1=O. The molecule has 0 unspecified atom stereocenters. The second-order valence-electron chi connectivity index (χ2n) is 10.5. The van der Waals surface area contributed by atoms with Gasteiger partial charge >= 0.3 is 5.69 Å². The number of nitrogens with zero attached hydrogens (tertiary/aromatic N) is 6. The van der Waals surface area contributed by atoms with E-state index in [-0.39, 0.29) is 25.0 Å². The summed E-state index contributed by atoms with van der Waals surface area (Å²) >= 11 is 6.15. The lowest BCUT2D eigenvalue weighted by Crippen LogP contribution is -2.35. The van der Waals surface area contributed by atoms with Crippen molar-refractivity contribution in [2.75, 3.05) is 37.9 Å². The Balaban J connectivity index is 1.30. The third kappa shape index (κ3) is 6.15. The first kappa shape index (κ1) is 27.9. The van der Waals surface area contributed by atoms with Gasteiger partial charge < -0.3 is 10.5 Å². The van der Waals surface area contributed by atoms with Crippen LogP contribution in [0.1, 0.15) is 28.2 Å². The van der Waals surface area contributed by atoms with Crippen molar-refractivity contribution in [2.45, 2.75) is 25.6 Å². The Labute approximate surface area is 248 Å². The lowest BCUT2D eigenvalue weighted by molar-refractivity contribution is -0.118. The number of ether oxygens (including phenoxy) is 1. The molecule has 0 saturated carbocycles. The Morgan fingerprint density at radius 2 is 1.60 bits per heavy atom. The topological polar surface area (TPSA) is 111 Å². The smallest absolute Gasteiger partial charge is 0.348 e. The number of hydrogen-bond acceptors (Lipinski definition) is 7. The van der Waals surface area contributed by atoms with E-state index in [1.165, 1.54) is 14.8 Å². The summed E-state index contributed by atoms with van der Waals surface area (Å²) in [6, 6.07) is 25.7. The van der Waals surface area contributed by atoms with Crippen LogP contribution in [-0.2, 0) is 29.2 Å². The van der Waals surface area contributed by atoms with Gasteiger partial charge in [0, 0.05) is 30.6 Å². The van der Waals surface area contributed by atoms with Crippen molar-refractivity contribution in [1.29, 1.82) is 0 Å². The van der Waals surface area contributed by atoms with Gasteiger partial charge in [0.15, 0.2) is 0 Å². The highest BCUT2D eigenvalue weighted by molar-refractivity contribution is 6.30. The minimum absolute atomic E-state index is 0.0892. The number of aromatic nitrogens is 3. The highest BCUT2D eigenvalue weighted by Crippen LogP contribution is 2.31. The number of carbonyl (C=O) groups is 1. The number of hydrazone groups is 1. The van der Waals surface area contributed by atoms with Gasteiger partial charge in [-0.05, 0) is 34.4 Å². The third-order valence-corrected chi connectivity index (χ3v) is 7.82. The van der Waals surface area contributed by atoms with Gasteiger partial charge in [-0.25, -0.2) is 14.5 Å². The van der Waals surface area contributed by atoms with Crippen LogP contribution >= 0.6 is 11.6 Å². The number of carbonyl (C=O) groups excluding carboxylic acids is 1. The molecule has 4 aromatic rings. The van der Waals surface area contributed by atoms with Crippen LogP contribution in [0.5, 0.6) is 0 Å². The molecule has 1 saturated heterocycles. The molecule has 0 aliphatic carbocycles. The van der Waals surface area contributed by atoms with Crippen molar-refractivity contribution in [3.05, 3.63) is 117 Å². The summed E-state index contributed by atoms with van der Waals surface area (Å²) in [5, 5.41) is 11.9. The number of benzene rings is 3. The largest absolute Gasteiger partial charge is 0.379 e. The summed E-state index contributed by atoms with van der Waals surface area (Å²) in [7, 11) is 0. The standard InChI is InChI=1S/C31H32ClN7O3/c32-26-12-10-25(11-13-26)29-27(24-4-2-1-3-5-24)20-38(34-29)30-35-39(31(41)37(30)21-28(33)40)19-23-8-6-22(7-9-23)18-36-14-16-42-17-15-36/h1-13,27H,14-21H2,(H2,33,40)/t27-/m1/s1. The van der Waals surface area contributed by atoms with E-state index in [9.17, 15) is 9.59 Å². The zero-order valence-electron chi connectivity index (χ0n) is 23.1. The fourth-order valence-corrected chi connectivity index (χ4v) is 5.54. The minimum Gasteiger partial charge on any atom is -0.379 e. The second kappa shape index (κ2) is 12.3. The molecule has 42 heavy (non-hydrogen) atoms. The number of anilines is 1. The number of morpholine rings is 1. The number of halogens is 1. The van der Waals surface area contributed by atoms with E-state index in [0.717, 1.165) is 55.3 Å². The summed E-state index contributed by atoms with van der Waals surface area (Å²) < 4.78 is 8.10. The van der Waals surface area contributed by atoms with Gasteiger partial charge in [0.1, 0.15) is 6.54 Å². The molecule has 1 atom stereocenters. The molecule has 2 aliphatic rings. The van der Waals surface area contributed by atoms with Crippen LogP contribution in [0.25, 0.3) is 0 Å². The summed E-state index contributed by atoms with van der Waals surface area (Å²) in [4.78, 5) is 27.9. The van der Waals surface area contributed by atoms with Crippen molar-refractivity contribution >= 4 is 29.2 Å². The maximum absolute atomic E-state index is 13.5. The number of amides is 1. The predicted octanol–water partition coefficient (Wildman–Crippen LogP) is 3.07. The maximum atomic E-state index is 13.5. The van der Waals surface area contributed by atoms with Crippen LogP contribution in [0.2, 0.25) is 5.02 Å². The number of hydrogen-bond donors (Lipinski definition) is 1. The van der Waals surface area contributed by atoms with Gasteiger partial charge in [-0.2, -0.15) is 5.10 Å². The monoisotopic (exact) mass is 585 g/mol. The van der Waals surface area contributed by atoms with E-state index in [0.29, 0.717) is 11.6 Å². The van der Waals surface area contributed by atoms with Gasteiger partial charge in [-0.1, -0.05) is 78.3 Å². The quantitative estimate of drug-likeness (QED) is 0.323. The molecule has 1 amide bonds. The van der Waals surface area contributed by atoms with E-state index < -0.39 is 11.6 Å². The zero-order valence-corrected chi connectivity index (χ0v) is 23.9. The Bertz CT molecular complexity index is 1630. The molecular formula is C31H32ClN7O3. The van der Waals surface area contributed by atoms with Crippen LogP contribution < -0.4 is 16.4 Å². The molecule has 1 fully saturated rings. The normalized spacial score (nSPS) is 17.4. The summed E-state index contributed by atoms with van der Waals surface area (Å²) in [5.41, 5.74) is 10.1. The highest BCUT2D eigenvalue weighted by Gasteiger charge is 2.33. The molecule has 2 N–H and O–H groups in total. The molecule has 2 aliphatic heterocycles. The summed E-state index contributed by atoms with van der Waals surface area (Å²) in [6.07, 6.45) is 0. The Morgan fingerprint density at radius 3 is 2.26 bits per heavy atom. The Morgan fingerprint density at radius 1 is 0.929 bits per heavy atom. The average Bonchev–Trinajstić information content (AvgIpc) is 3.57. The van der Waals surface area contributed by atoms with Crippen molar-refractivity contribution in [2.24, 2.45) is 10.8 Å². The zero-order chi connectivity index (χ0) is 29.1. The number of primary amides is 1. The van der Waals surface area contributed by atoms with Gasteiger partial charge in [-0.15, -0.1) is 5.10 Å². The van der Waals surface area contributed by atoms with Crippen molar-refractivity contribution in [3.8, 4) is 0 Å². The fourth-order valence-electron chi connectivity index (χ4n) is 5.41. The molecular weight excluding hydrogens is 554 g/mol. The van der Waals surface area contributed by atoms with E-state index in [1.807, 2.05) is 54.6 Å². The first-order chi connectivity index (χ1) is 20.4. The van der Waals surface area contributed by atoms with Gasteiger partial charge in [0.2, 0.25) is 11.9 Å². The maximum Gasteiger partial charge on any atom is 0.348 e. The molecule has 11 heteroatoms. The van der Waals surface area contributed by atoms with E-state index in [2.05, 4.69) is 34.3 Å². The van der Waals surface area contributed by atoms with Crippen molar-refractivity contribution in [3.63, 3.8) is 0 Å². The van der Waals surface area contributed by atoms with Crippen molar-refractivity contribution < 1.29 is 9.53 Å². The van der Waals surface area contributed by atoms with Gasteiger partial charge in [0.05, 0.1) is 32.0 Å². The molecule has 0 bridgehead atoms. The molecule has 216 valence electrons. The van der Waals surface area contributed by atoms with Gasteiger partial charge in [-0.3, -0.25) is 14.3 Å². The molecule has 0 spiro atoms. The molecule has 1 aromatic heterocycles. The van der Waals surface area contributed by atoms with E-state index in [4.69, 9.17) is 27.2 Å². The summed E-state index contributed by atoms with van der Waals surface area (Å²) in [5.74, 6) is -0.452. The van der Waals surface area contributed by atoms with Crippen LogP contribution in [0.4, 0.5) is 5.95 Å². The first-order valence-electron chi connectivity index (χ1n) is 14.0. The van der Waals surface area contributed by atoms with Gasteiger partial charge in [0.25, 0.3) is 0 Å². The first-order valence-corrected chi connectivity index (χ1v) is 14.3. The number of nitrogens with two attached hydrogens (primary N) is 1. The molecule has 3 heterocycles. The van der Waals surface area contributed by atoms with Crippen LogP contribution in [0.15, 0.2) is 88.8 Å². The molecule has 3 aromatic carbocycles. The minimum atomic E-state index is -0.633. The third-order valence-electron chi connectivity index (χ3n) is 7.57. The predicted molar refractivity (Wildman–Crippen MR) is 162 cm³/mol. The van der Waals surface area contributed by atoms with E-state index >= 15 is 0 Å². The molecule has 0 radical (unpaired) electrons. The Kier molecular flexibility index (Phi) is 8.18. The van der Waals surface area contributed by atoms with E-state index in [1.54, 1.807) is 5.01 Å². The summed E-state index contributed by atoms with van der Waals surface area (Å²) in [6.45, 7) is 4.59. The van der Waals surface area contributed by atoms with Crippen LogP contribution in [0, 0.1) is 0 Å². The van der Waals surface area contributed by atoms with Crippen molar-refractivity contribution in [1.82, 2.24) is 19.2 Å². The lowest BCUT2D eigenvalue weighted by Gasteiger charge is -2.26. The number of rotatable bonds is 9. The lowest BCUT2D eigenvalue weighted by atomic mass is 9.91. The fraction of sp³-hybridized carbons (Fsp3) is 0.290. The molecule has 6 rings (SSSR count). The molecule has 10 nitrogen and oxygen atoms in total. The van der Waals surface area contributed by atoms with Crippen LogP contribution in [0.3, 0.4) is 0 Å². The second-order valence-corrected chi connectivity index (χ2v) is 11.0. The van der Waals surface area contributed by atoms with Crippen LogP contribution in [-0.4, -0.2) is 63.7 Å².